The number of carbonyl (C=O) groups excluding carboxylic acids is 2. The molecule has 1 aromatic rings. The van der Waals surface area contributed by atoms with Crippen LogP contribution < -0.4 is 21.7 Å². The number of rotatable bonds is 7. The average Bonchev–Trinajstić information content (AvgIpc) is 2.45. The molecule has 6 nitrogen and oxygen atoms in total. The summed E-state index contributed by atoms with van der Waals surface area (Å²) in [5, 5.41) is 8.07. The number of thioether (sulfide) groups is 1. The molecule has 0 radical (unpaired) electrons. The van der Waals surface area contributed by atoms with Gasteiger partial charge in [0.05, 0.1) is 6.04 Å². The number of hydrogen-bond acceptors (Lipinski definition) is 4. The highest BCUT2D eigenvalue weighted by Crippen LogP contribution is 2.15. The number of benzene rings is 1. The van der Waals surface area contributed by atoms with Crippen LogP contribution in [0.1, 0.15) is 13.3 Å². The second-order valence-corrected chi connectivity index (χ2v) is 5.43. The van der Waals surface area contributed by atoms with E-state index in [0.29, 0.717) is 24.3 Å². The van der Waals surface area contributed by atoms with Crippen LogP contribution in [0.4, 0.5) is 16.2 Å². The lowest BCUT2D eigenvalue weighted by Gasteiger charge is -2.13. The van der Waals surface area contributed by atoms with Gasteiger partial charge in [0.1, 0.15) is 0 Å². The maximum Gasteiger partial charge on any atom is 0.319 e. The minimum absolute atomic E-state index is 0.223. The van der Waals surface area contributed by atoms with Crippen LogP contribution in [-0.4, -0.2) is 36.5 Å². The van der Waals surface area contributed by atoms with Gasteiger partial charge in [-0.05, 0) is 43.6 Å². The van der Waals surface area contributed by atoms with Gasteiger partial charge in [0.25, 0.3) is 0 Å². The lowest BCUT2D eigenvalue weighted by atomic mass is 10.2. The lowest BCUT2D eigenvalue weighted by molar-refractivity contribution is -0.117. The third kappa shape index (κ3) is 6.50. The minimum atomic E-state index is -0.530. The van der Waals surface area contributed by atoms with Gasteiger partial charge in [-0.15, -0.1) is 0 Å². The maximum absolute atomic E-state index is 11.9. The van der Waals surface area contributed by atoms with Crippen molar-refractivity contribution < 1.29 is 9.59 Å². The number of nitrogens with one attached hydrogen (secondary N) is 3. The number of carbonyl (C=O) groups is 2. The molecule has 21 heavy (non-hydrogen) atoms. The topological polar surface area (TPSA) is 96.2 Å². The third-order valence-electron chi connectivity index (χ3n) is 2.70. The van der Waals surface area contributed by atoms with Crippen LogP contribution >= 0.6 is 11.8 Å². The van der Waals surface area contributed by atoms with Crippen molar-refractivity contribution in [3.63, 3.8) is 0 Å². The fourth-order valence-corrected chi connectivity index (χ4v) is 2.11. The normalized spacial score (nSPS) is 11.6. The van der Waals surface area contributed by atoms with Gasteiger partial charge >= 0.3 is 6.03 Å². The summed E-state index contributed by atoms with van der Waals surface area (Å²) in [7, 11) is 0. The molecule has 0 heterocycles. The van der Waals surface area contributed by atoms with E-state index in [1.54, 1.807) is 36.0 Å². The highest BCUT2D eigenvalue weighted by atomic mass is 32.2. The first kappa shape index (κ1) is 17.3. The summed E-state index contributed by atoms with van der Waals surface area (Å²) >= 11 is 1.65. The molecular formula is C14H22N4O2S. The molecule has 0 saturated heterocycles. The molecule has 0 spiro atoms. The Labute approximate surface area is 129 Å². The van der Waals surface area contributed by atoms with Crippen LogP contribution in [-0.2, 0) is 4.79 Å². The first-order valence-corrected chi connectivity index (χ1v) is 8.16. The standard InChI is InChI=1S/C14H22N4O2S/c1-3-16-14(20)18-11-6-4-5-10(9-11)17-13(19)12(15)7-8-21-2/h4-6,9,12H,3,7-8,15H2,1-2H3,(H,17,19)(H2,16,18,20)/t12-/m0/s1. The molecule has 116 valence electrons. The Morgan fingerprint density at radius 3 is 2.57 bits per heavy atom. The Hall–Kier alpha value is -1.73. The van der Waals surface area contributed by atoms with Crippen molar-refractivity contribution in [1.29, 1.82) is 0 Å². The van der Waals surface area contributed by atoms with Gasteiger partial charge in [-0.2, -0.15) is 11.8 Å². The SMILES string of the molecule is CCNC(=O)Nc1cccc(NC(=O)[C@@H](N)CCSC)c1. The third-order valence-corrected chi connectivity index (χ3v) is 3.34. The molecule has 0 aliphatic heterocycles. The molecule has 5 N–H and O–H groups in total. The second kappa shape index (κ2) is 9.25. The summed E-state index contributed by atoms with van der Waals surface area (Å²) in [4.78, 5) is 23.3. The van der Waals surface area contributed by atoms with E-state index >= 15 is 0 Å². The van der Waals surface area contributed by atoms with E-state index < -0.39 is 6.04 Å². The number of anilines is 2. The molecule has 3 amide bonds. The summed E-state index contributed by atoms with van der Waals surface area (Å²) in [5.74, 6) is 0.618. The van der Waals surface area contributed by atoms with Crippen molar-refractivity contribution in [2.45, 2.75) is 19.4 Å². The molecule has 0 unspecified atom stereocenters. The van der Waals surface area contributed by atoms with Gasteiger partial charge in [0, 0.05) is 17.9 Å². The summed E-state index contributed by atoms with van der Waals surface area (Å²) < 4.78 is 0. The summed E-state index contributed by atoms with van der Waals surface area (Å²) in [6.07, 6.45) is 2.60. The monoisotopic (exact) mass is 310 g/mol. The predicted octanol–water partition coefficient (Wildman–Crippen LogP) is 1.85. The first-order chi connectivity index (χ1) is 10.1. The zero-order valence-corrected chi connectivity index (χ0v) is 13.1. The van der Waals surface area contributed by atoms with Crippen molar-refractivity contribution in [1.82, 2.24) is 5.32 Å². The summed E-state index contributed by atoms with van der Waals surface area (Å²) in [6.45, 7) is 2.39. The zero-order valence-electron chi connectivity index (χ0n) is 12.3. The fraction of sp³-hybridized carbons (Fsp3) is 0.429. The van der Waals surface area contributed by atoms with Gasteiger partial charge in [-0.1, -0.05) is 6.07 Å². The smallest absolute Gasteiger partial charge is 0.319 e. The molecule has 0 aliphatic rings. The fourth-order valence-electron chi connectivity index (χ4n) is 1.62. The van der Waals surface area contributed by atoms with E-state index in [4.69, 9.17) is 5.73 Å². The molecule has 0 bridgehead atoms. The van der Waals surface area contributed by atoms with Gasteiger partial charge in [0.15, 0.2) is 0 Å². The molecular weight excluding hydrogens is 288 g/mol. The minimum Gasteiger partial charge on any atom is -0.338 e. The van der Waals surface area contributed by atoms with Gasteiger partial charge in [-0.3, -0.25) is 4.79 Å². The van der Waals surface area contributed by atoms with E-state index in [2.05, 4.69) is 16.0 Å². The Kier molecular flexibility index (Phi) is 7.63. The molecule has 0 aromatic heterocycles. The lowest BCUT2D eigenvalue weighted by Crippen LogP contribution is -2.36. The summed E-state index contributed by atoms with van der Waals surface area (Å²) in [6, 6.07) is 6.13. The summed E-state index contributed by atoms with van der Waals surface area (Å²) in [5.41, 5.74) is 7.02. The highest BCUT2D eigenvalue weighted by Gasteiger charge is 2.13. The second-order valence-electron chi connectivity index (χ2n) is 4.44. The van der Waals surface area contributed by atoms with Crippen molar-refractivity contribution in [2.24, 2.45) is 5.73 Å². The number of urea groups is 1. The maximum atomic E-state index is 11.9. The van der Waals surface area contributed by atoms with E-state index in [9.17, 15) is 9.59 Å². The van der Waals surface area contributed by atoms with Crippen LogP contribution in [0.3, 0.4) is 0 Å². The van der Waals surface area contributed by atoms with Crippen molar-refractivity contribution in [3.05, 3.63) is 24.3 Å². The Morgan fingerprint density at radius 2 is 1.95 bits per heavy atom. The van der Waals surface area contributed by atoms with Crippen LogP contribution in [0.25, 0.3) is 0 Å². The Bertz CT molecular complexity index is 482. The number of hydrogen-bond donors (Lipinski definition) is 4. The van der Waals surface area contributed by atoms with E-state index in [0.717, 1.165) is 5.75 Å². The molecule has 0 saturated carbocycles. The molecule has 1 aromatic carbocycles. The number of nitrogens with two attached hydrogens (primary N) is 1. The highest BCUT2D eigenvalue weighted by molar-refractivity contribution is 7.98. The van der Waals surface area contributed by atoms with Crippen LogP contribution in [0, 0.1) is 0 Å². The van der Waals surface area contributed by atoms with Crippen molar-refractivity contribution in [2.75, 3.05) is 29.2 Å². The van der Waals surface area contributed by atoms with Crippen LogP contribution in [0.2, 0.25) is 0 Å². The van der Waals surface area contributed by atoms with E-state index in [1.807, 2.05) is 13.2 Å². The molecule has 7 heteroatoms. The Morgan fingerprint density at radius 1 is 1.29 bits per heavy atom. The van der Waals surface area contributed by atoms with Crippen LogP contribution in [0.15, 0.2) is 24.3 Å². The molecule has 0 fully saturated rings. The van der Waals surface area contributed by atoms with Crippen molar-refractivity contribution in [3.8, 4) is 0 Å². The Balaban J connectivity index is 2.59. The van der Waals surface area contributed by atoms with Gasteiger partial charge < -0.3 is 21.7 Å². The largest absolute Gasteiger partial charge is 0.338 e. The predicted molar refractivity (Wildman–Crippen MR) is 88.7 cm³/mol. The quantitative estimate of drug-likeness (QED) is 0.618. The van der Waals surface area contributed by atoms with Gasteiger partial charge in [0.2, 0.25) is 5.91 Å². The van der Waals surface area contributed by atoms with Crippen LogP contribution in [0.5, 0.6) is 0 Å². The van der Waals surface area contributed by atoms with E-state index in [-0.39, 0.29) is 11.9 Å². The molecule has 0 aliphatic carbocycles. The number of amides is 3. The first-order valence-electron chi connectivity index (χ1n) is 6.77. The molecule has 1 rings (SSSR count). The van der Waals surface area contributed by atoms with Crippen molar-refractivity contribution >= 4 is 35.1 Å². The zero-order chi connectivity index (χ0) is 15.7. The van der Waals surface area contributed by atoms with E-state index in [1.165, 1.54) is 0 Å². The molecule has 1 atom stereocenters. The average molecular weight is 310 g/mol. The van der Waals surface area contributed by atoms with Gasteiger partial charge in [-0.25, -0.2) is 4.79 Å².